The summed E-state index contributed by atoms with van der Waals surface area (Å²) in [6, 6.07) is 13.2. The second kappa shape index (κ2) is 8.48. The number of benzene rings is 2. The monoisotopic (exact) mass is 430 g/mol. The van der Waals surface area contributed by atoms with E-state index in [2.05, 4.69) is 9.97 Å². The number of hydrogen-bond acceptors (Lipinski definition) is 7. The molecular weight excluding hydrogens is 420 g/mol. The number of nitro groups is 1. The van der Waals surface area contributed by atoms with Gasteiger partial charge < -0.3 is 4.98 Å². The van der Waals surface area contributed by atoms with Gasteiger partial charge in [0.05, 0.1) is 10.6 Å². The molecule has 0 saturated heterocycles. The van der Waals surface area contributed by atoms with Crippen molar-refractivity contribution in [3.8, 4) is 17.3 Å². The first kappa shape index (κ1) is 19.9. The molecule has 140 valence electrons. The fraction of sp³-hybridized carbons (Fsp3) is 0.0556. The predicted octanol–water partition coefficient (Wildman–Crippen LogP) is 4.74. The van der Waals surface area contributed by atoms with Crippen LogP contribution in [0.2, 0.25) is 5.02 Å². The van der Waals surface area contributed by atoms with E-state index in [0.717, 1.165) is 4.90 Å². The van der Waals surface area contributed by atoms with E-state index in [0.29, 0.717) is 20.6 Å². The Hall–Kier alpha value is -2.80. The van der Waals surface area contributed by atoms with Gasteiger partial charge >= 0.3 is 0 Å². The van der Waals surface area contributed by atoms with Crippen LogP contribution in [0.5, 0.6) is 0 Å². The average Bonchev–Trinajstić information content (AvgIpc) is 2.69. The fourth-order valence-electron chi connectivity index (χ4n) is 2.38. The fourth-order valence-corrected chi connectivity index (χ4v) is 3.81. The van der Waals surface area contributed by atoms with Crippen molar-refractivity contribution in [1.82, 2.24) is 9.97 Å². The Morgan fingerprint density at radius 1 is 1.25 bits per heavy atom. The topological polar surface area (TPSA) is 113 Å². The summed E-state index contributed by atoms with van der Waals surface area (Å²) in [5, 5.41) is 21.6. The zero-order chi connectivity index (χ0) is 20.3. The Morgan fingerprint density at radius 2 is 1.96 bits per heavy atom. The molecule has 1 aromatic heterocycles. The van der Waals surface area contributed by atoms with E-state index in [9.17, 15) is 20.2 Å². The van der Waals surface area contributed by atoms with Gasteiger partial charge in [-0.05, 0) is 36.6 Å². The number of nitrogens with one attached hydrogen (secondary N) is 1. The van der Waals surface area contributed by atoms with Gasteiger partial charge in [0.25, 0.3) is 11.2 Å². The minimum absolute atomic E-state index is 0.107. The highest BCUT2D eigenvalue weighted by molar-refractivity contribution is 7.99. The Bertz CT molecular complexity index is 1160. The minimum atomic E-state index is -0.592. The third-order valence-corrected chi connectivity index (χ3v) is 5.59. The largest absolute Gasteiger partial charge is 0.300 e. The van der Waals surface area contributed by atoms with Crippen molar-refractivity contribution in [3.05, 3.63) is 73.5 Å². The van der Waals surface area contributed by atoms with E-state index in [4.69, 9.17) is 11.6 Å². The van der Waals surface area contributed by atoms with Crippen molar-refractivity contribution in [1.29, 1.82) is 5.26 Å². The zero-order valence-corrected chi connectivity index (χ0v) is 16.7. The average molecular weight is 431 g/mol. The molecule has 28 heavy (non-hydrogen) atoms. The van der Waals surface area contributed by atoms with Crippen LogP contribution in [0.25, 0.3) is 11.3 Å². The van der Waals surface area contributed by atoms with E-state index >= 15 is 0 Å². The summed E-state index contributed by atoms with van der Waals surface area (Å²) in [5.74, 6) is 0. The number of thioether (sulfide) groups is 1. The van der Waals surface area contributed by atoms with Crippen LogP contribution in [-0.4, -0.2) is 21.1 Å². The SMILES string of the molecule is CSc1nc(-c2cc([N+](=O)[O-])ccc2Sc2ccc(Cl)cc2)c(C#N)c(=O)[nH]1. The second-order valence-corrected chi connectivity index (χ2v) is 7.75. The Balaban J connectivity index is 2.23. The lowest BCUT2D eigenvalue weighted by Gasteiger charge is -2.11. The third kappa shape index (κ3) is 4.20. The molecule has 3 rings (SSSR count). The van der Waals surface area contributed by atoms with Crippen LogP contribution in [0.1, 0.15) is 5.56 Å². The predicted molar refractivity (Wildman–Crippen MR) is 109 cm³/mol. The van der Waals surface area contributed by atoms with Crippen molar-refractivity contribution in [2.24, 2.45) is 0 Å². The third-order valence-electron chi connectivity index (χ3n) is 3.67. The maximum atomic E-state index is 12.3. The first-order valence-corrected chi connectivity index (χ1v) is 10.2. The van der Waals surface area contributed by atoms with Crippen molar-refractivity contribution in [2.75, 3.05) is 6.26 Å². The van der Waals surface area contributed by atoms with Crippen LogP contribution in [-0.2, 0) is 0 Å². The van der Waals surface area contributed by atoms with Gasteiger partial charge in [-0.2, -0.15) is 5.26 Å². The van der Waals surface area contributed by atoms with E-state index in [1.54, 1.807) is 24.5 Å². The van der Waals surface area contributed by atoms with Gasteiger partial charge in [-0.15, -0.1) is 0 Å². The maximum Gasteiger partial charge on any atom is 0.270 e. The van der Waals surface area contributed by atoms with Crippen molar-refractivity contribution in [2.45, 2.75) is 14.9 Å². The number of halogens is 1. The summed E-state index contributed by atoms with van der Waals surface area (Å²) in [5.41, 5.74) is -0.503. The molecule has 0 aliphatic carbocycles. The van der Waals surface area contributed by atoms with Gasteiger partial charge in [-0.25, -0.2) is 4.98 Å². The van der Waals surface area contributed by atoms with Crippen LogP contribution in [0.4, 0.5) is 5.69 Å². The molecule has 0 bridgehead atoms. The molecule has 3 aromatic rings. The molecule has 10 heteroatoms. The summed E-state index contributed by atoms with van der Waals surface area (Å²) in [7, 11) is 0. The summed E-state index contributed by atoms with van der Waals surface area (Å²) < 4.78 is 0. The van der Waals surface area contributed by atoms with Gasteiger partial charge in [0, 0.05) is 32.5 Å². The molecule has 0 radical (unpaired) electrons. The quantitative estimate of drug-likeness (QED) is 0.269. The molecule has 0 atom stereocenters. The lowest BCUT2D eigenvalue weighted by atomic mass is 10.1. The van der Waals surface area contributed by atoms with E-state index in [-0.39, 0.29) is 16.9 Å². The number of aromatic amines is 1. The number of H-pyrrole nitrogens is 1. The number of hydrogen-bond donors (Lipinski definition) is 1. The molecule has 0 amide bonds. The lowest BCUT2D eigenvalue weighted by Crippen LogP contribution is -2.14. The van der Waals surface area contributed by atoms with Gasteiger partial charge in [-0.1, -0.05) is 35.1 Å². The first-order valence-electron chi connectivity index (χ1n) is 7.73. The van der Waals surface area contributed by atoms with Crippen molar-refractivity contribution >= 4 is 40.8 Å². The minimum Gasteiger partial charge on any atom is -0.300 e. The molecule has 0 unspecified atom stereocenters. The normalized spacial score (nSPS) is 10.5. The molecule has 1 heterocycles. The number of nitro benzene ring substituents is 1. The molecule has 0 fully saturated rings. The Morgan fingerprint density at radius 3 is 2.57 bits per heavy atom. The molecule has 0 saturated carbocycles. The van der Waals surface area contributed by atoms with Gasteiger partial charge in [0.1, 0.15) is 11.6 Å². The number of non-ortho nitro benzene ring substituents is 1. The molecule has 1 N–H and O–H groups in total. The van der Waals surface area contributed by atoms with Crippen LogP contribution in [0, 0.1) is 21.4 Å². The van der Waals surface area contributed by atoms with Crippen LogP contribution >= 0.6 is 35.1 Å². The smallest absolute Gasteiger partial charge is 0.270 e. The number of rotatable bonds is 5. The molecule has 0 spiro atoms. The van der Waals surface area contributed by atoms with Gasteiger partial charge in [0.2, 0.25) is 0 Å². The summed E-state index contributed by atoms with van der Waals surface area (Å²) >= 11 is 8.45. The zero-order valence-electron chi connectivity index (χ0n) is 14.3. The summed E-state index contributed by atoms with van der Waals surface area (Å²) in [6.07, 6.45) is 1.73. The van der Waals surface area contributed by atoms with E-state index in [1.807, 2.05) is 18.2 Å². The highest BCUT2D eigenvalue weighted by Gasteiger charge is 2.20. The van der Waals surface area contributed by atoms with E-state index in [1.165, 1.54) is 35.7 Å². The molecular formula is C18H11ClN4O3S2. The highest BCUT2D eigenvalue weighted by atomic mass is 35.5. The Kier molecular flexibility index (Phi) is 6.04. The molecule has 0 aliphatic heterocycles. The molecule has 0 aliphatic rings. The number of aromatic nitrogens is 2. The molecule has 2 aromatic carbocycles. The summed E-state index contributed by atoms with van der Waals surface area (Å²) in [6.45, 7) is 0. The standard InChI is InChI=1S/C18H11ClN4O3S2/c1-27-18-21-16(14(9-20)17(24)22-18)13-8-11(23(25)26)4-7-15(13)28-12-5-2-10(19)3-6-12/h2-8H,1H3,(H,21,22,24). The Labute approximate surface area is 172 Å². The van der Waals surface area contributed by atoms with Crippen molar-refractivity contribution in [3.63, 3.8) is 0 Å². The highest BCUT2D eigenvalue weighted by Crippen LogP contribution is 2.38. The second-order valence-electron chi connectivity index (χ2n) is 5.40. The van der Waals surface area contributed by atoms with E-state index < -0.39 is 10.5 Å². The van der Waals surface area contributed by atoms with Crippen LogP contribution < -0.4 is 5.56 Å². The van der Waals surface area contributed by atoms with Crippen LogP contribution in [0.15, 0.2) is 62.2 Å². The first-order chi connectivity index (χ1) is 13.4. The number of nitrogens with zero attached hydrogens (tertiary/aromatic N) is 3. The van der Waals surface area contributed by atoms with Crippen LogP contribution in [0.3, 0.4) is 0 Å². The van der Waals surface area contributed by atoms with Gasteiger partial charge in [0.15, 0.2) is 5.16 Å². The lowest BCUT2D eigenvalue weighted by molar-refractivity contribution is -0.384. The summed E-state index contributed by atoms with van der Waals surface area (Å²) in [4.78, 5) is 31.3. The van der Waals surface area contributed by atoms with Crippen molar-refractivity contribution < 1.29 is 4.92 Å². The number of nitriles is 1. The molecule has 7 nitrogen and oxygen atoms in total. The van der Waals surface area contributed by atoms with Gasteiger partial charge in [-0.3, -0.25) is 14.9 Å². The maximum absolute atomic E-state index is 12.3.